The number of amides is 1. The Kier molecular flexibility index (Phi) is 4.50. The molecule has 4 aromatic rings. The van der Waals surface area contributed by atoms with Crippen LogP contribution in [0, 0.1) is 5.82 Å². The van der Waals surface area contributed by atoms with Crippen molar-refractivity contribution in [2.75, 3.05) is 38.2 Å². The highest BCUT2D eigenvalue weighted by Gasteiger charge is 2.25. The quantitative estimate of drug-likeness (QED) is 0.514. The SMILES string of the molecule is COc1ccc2cc3cc(C(=O)N4CCN(c5ccc(F)cc5)CC4)oc3nc2c1. The van der Waals surface area contributed by atoms with Crippen molar-refractivity contribution in [3.05, 3.63) is 66.2 Å². The summed E-state index contributed by atoms with van der Waals surface area (Å²) < 4.78 is 24.2. The topological polar surface area (TPSA) is 58.8 Å². The third kappa shape index (κ3) is 3.32. The highest BCUT2D eigenvalue weighted by atomic mass is 19.1. The molecule has 1 amide bonds. The van der Waals surface area contributed by atoms with E-state index in [-0.39, 0.29) is 17.5 Å². The van der Waals surface area contributed by atoms with Crippen molar-refractivity contribution < 1.29 is 18.3 Å². The second kappa shape index (κ2) is 7.33. The van der Waals surface area contributed by atoms with Crippen LogP contribution in [0.5, 0.6) is 5.75 Å². The number of aromatic nitrogens is 1. The molecule has 0 bridgehead atoms. The van der Waals surface area contributed by atoms with E-state index in [0.717, 1.165) is 27.7 Å². The van der Waals surface area contributed by atoms with E-state index >= 15 is 0 Å². The number of hydrogen-bond donors (Lipinski definition) is 0. The molecular formula is C23H20FN3O3. The van der Waals surface area contributed by atoms with Crippen LogP contribution in [0.15, 0.2) is 59.0 Å². The summed E-state index contributed by atoms with van der Waals surface area (Å²) in [6.07, 6.45) is 0. The zero-order valence-corrected chi connectivity index (χ0v) is 16.5. The van der Waals surface area contributed by atoms with E-state index in [2.05, 4.69) is 9.88 Å². The van der Waals surface area contributed by atoms with Crippen molar-refractivity contribution in [2.45, 2.75) is 0 Å². The van der Waals surface area contributed by atoms with Crippen molar-refractivity contribution in [2.24, 2.45) is 0 Å². The molecule has 0 atom stereocenters. The number of carbonyl (C=O) groups excluding carboxylic acids is 1. The summed E-state index contributed by atoms with van der Waals surface area (Å²) in [5, 5.41) is 1.75. The van der Waals surface area contributed by atoms with Crippen LogP contribution in [-0.4, -0.2) is 49.1 Å². The molecule has 0 N–H and O–H groups in total. The van der Waals surface area contributed by atoms with Gasteiger partial charge in [-0.05, 0) is 48.5 Å². The number of piperazine rings is 1. The van der Waals surface area contributed by atoms with Gasteiger partial charge in [-0.1, -0.05) is 0 Å². The molecule has 0 spiro atoms. The molecule has 7 heteroatoms. The Labute approximate surface area is 172 Å². The van der Waals surface area contributed by atoms with Gasteiger partial charge in [0.15, 0.2) is 5.76 Å². The van der Waals surface area contributed by atoms with E-state index < -0.39 is 0 Å². The van der Waals surface area contributed by atoms with Crippen LogP contribution < -0.4 is 9.64 Å². The number of pyridine rings is 1. The zero-order chi connectivity index (χ0) is 20.7. The first-order valence-corrected chi connectivity index (χ1v) is 9.79. The molecule has 0 unspecified atom stereocenters. The molecule has 0 aliphatic carbocycles. The number of methoxy groups -OCH3 is 1. The van der Waals surface area contributed by atoms with Gasteiger partial charge in [-0.2, -0.15) is 0 Å². The molecule has 1 aliphatic heterocycles. The highest BCUT2D eigenvalue weighted by molar-refractivity contribution is 5.98. The van der Waals surface area contributed by atoms with Crippen molar-refractivity contribution in [3.63, 3.8) is 0 Å². The number of anilines is 1. The number of halogens is 1. The monoisotopic (exact) mass is 405 g/mol. The fourth-order valence-electron chi connectivity index (χ4n) is 3.81. The smallest absolute Gasteiger partial charge is 0.289 e. The summed E-state index contributed by atoms with van der Waals surface area (Å²) in [7, 11) is 1.61. The van der Waals surface area contributed by atoms with Gasteiger partial charge in [-0.25, -0.2) is 9.37 Å². The lowest BCUT2D eigenvalue weighted by molar-refractivity contribution is 0.0717. The maximum absolute atomic E-state index is 13.1. The summed E-state index contributed by atoms with van der Waals surface area (Å²) >= 11 is 0. The first kappa shape index (κ1) is 18.4. The van der Waals surface area contributed by atoms with Crippen LogP contribution in [0.25, 0.3) is 22.0 Å². The normalized spacial score (nSPS) is 14.5. The van der Waals surface area contributed by atoms with Gasteiger partial charge >= 0.3 is 0 Å². The fraction of sp³-hybridized carbons (Fsp3) is 0.217. The average molecular weight is 405 g/mol. The van der Waals surface area contributed by atoms with Crippen LogP contribution in [0.2, 0.25) is 0 Å². The Morgan fingerprint density at radius 2 is 1.77 bits per heavy atom. The van der Waals surface area contributed by atoms with Crippen molar-refractivity contribution >= 4 is 33.6 Å². The minimum atomic E-state index is -0.253. The van der Waals surface area contributed by atoms with E-state index in [1.165, 1.54) is 12.1 Å². The number of nitrogens with zero attached hydrogens (tertiary/aromatic N) is 3. The molecule has 2 aromatic heterocycles. The van der Waals surface area contributed by atoms with Crippen molar-refractivity contribution in [1.82, 2.24) is 9.88 Å². The van der Waals surface area contributed by atoms with Gasteiger partial charge in [-0.3, -0.25) is 4.79 Å². The van der Waals surface area contributed by atoms with E-state index in [1.54, 1.807) is 30.2 Å². The van der Waals surface area contributed by atoms with Gasteiger partial charge < -0.3 is 19.0 Å². The molecule has 0 saturated carbocycles. The van der Waals surface area contributed by atoms with Crippen LogP contribution >= 0.6 is 0 Å². The zero-order valence-electron chi connectivity index (χ0n) is 16.5. The lowest BCUT2D eigenvalue weighted by atomic mass is 10.2. The molecule has 3 heterocycles. The average Bonchev–Trinajstić information content (AvgIpc) is 3.20. The first-order valence-electron chi connectivity index (χ1n) is 9.79. The Hall–Kier alpha value is -3.61. The minimum absolute atomic E-state index is 0.145. The van der Waals surface area contributed by atoms with Crippen LogP contribution in [0.4, 0.5) is 10.1 Å². The molecule has 1 saturated heterocycles. The molecule has 1 aliphatic rings. The number of carbonyl (C=O) groups is 1. The predicted octanol–water partition coefficient (Wildman–Crippen LogP) is 4.09. The number of furan rings is 1. The van der Waals surface area contributed by atoms with E-state index in [4.69, 9.17) is 9.15 Å². The van der Waals surface area contributed by atoms with Gasteiger partial charge in [0, 0.05) is 48.7 Å². The Morgan fingerprint density at radius 3 is 2.50 bits per heavy atom. The summed E-state index contributed by atoms with van der Waals surface area (Å²) in [4.78, 5) is 21.4. The summed E-state index contributed by atoms with van der Waals surface area (Å²) in [6.45, 7) is 2.50. The second-order valence-corrected chi connectivity index (χ2v) is 7.31. The number of fused-ring (bicyclic) bond motifs is 2. The number of rotatable bonds is 3. The van der Waals surface area contributed by atoms with Crippen LogP contribution in [0.1, 0.15) is 10.6 Å². The van der Waals surface area contributed by atoms with Gasteiger partial charge in [0.05, 0.1) is 12.6 Å². The molecule has 0 radical (unpaired) electrons. The summed E-state index contributed by atoms with van der Waals surface area (Å²) in [5.74, 6) is 0.608. The summed E-state index contributed by atoms with van der Waals surface area (Å²) in [6, 6.07) is 15.8. The summed E-state index contributed by atoms with van der Waals surface area (Å²) in [5.41, 5.74) is 2.14. The van der Waals surface area contributed by atoms with Gasteiger partial charge in [-0.15, -0.1) is 0 Å². The molecular weight excluding hydrogens is 385 g/mol. The van der Waals surface area contributed by atoms with Gasteiger partial charge in [0.25, 0.3) is 5.91 Å². The van der Waals surface area contributed by atoms with E-state index in [0.29, 0.717) is 31.9 Å². The molecule has 5 rings (SSSR count). The Morgan fingerprint density at radius 1 is 1.00 bits per heavy atom. The van der Waals surface area contributed by atoms with E-state index in [9.17, 15) is 9.18 Å². The standard InChI is InChI=1S/C23H20FN3O3/c1-29-19-7-2-15-12-16-13-21(30-22(16)25-20(15)14-19)23(28)27-10-8-26(9-11-27)18-5-3-17(24)4-6-18/h2-7,12-14H,8-11H2,1H3. The van der Waals surface area contributed by atoms with Crippen molar-refractivity contribution in [3.8, 4) is 5.75 Å². The largest absolute Gasteiger partial charge is 0.497 e. The van der Waals surface area contributed by atoms with Crippen LogP contribution in [0.3, 0.4) is 0 Å². The lowest BCUT2D eigenvalue weighted by Gasteiger charge is -2.35. The Balaban J connectivity index is 1.34. The maximum Gasteiger partial charge on any atom is 0.289 e. The van der Waals surface area contributed by atoms with Gasteiger partial charge in [0.2, 0.25) is 5.71 Å². The molecule has 152 valence electrons. The number of benzene rings is 2. The molecule has 1 fully saturated rings. The predicted molar refractivity (Wildman–Crippen MR) is 113 cm³/mol. The lowest BCUT2D eigenvalue weighted by Crippen LogP contribution is -2.48. The van der Waals surface area contributed by atoms with E-state index in [1.807, 2.05) is 24.3 Å². The highest BCUT2D eigenvalue weighted by Crippen LogP contribution is 2.26. The first-order chi connectivity index (χ1) is 14.6. The maximum atomic E-state index is 13.1. The third-order valence-electron chi connectivity index (χ3n) is 5.48. The minimum Gasteiger partial charge on any atom is -0.497 e. The third-order valence-corrected chi connectivity index (χ3v) is 5.48. The van der Waals surface area contributed by atoms with Crippen LogP contribution in [-0.2, 0) is 0 Å². The fourth-order valence-corrected chi connectivity index (χ4v) is 3.81. The molecule has 2 aromatic carbocycles. The molecule has 30 heavy (non-hydrogen) atoms. The Bertz CT molecular complexity index is 1230. The second-order valence-electron chi connectivity index (χ2n) is 7.31. The van der Waals surface area contributed by atoms with Gasteiger partial charge in [0.1, 0.15) is 11.6 Å². The van der Waals surface area contributed by atoms with Crippen molar-refractivity contribution in [1.29, 1.82) is 0 Å². The number of hydrogen-bond acceptors (Lipinski definition) is 5. The molecule has 6 nitrogen and oxygen atoms in total. The number of ether oxygens (including phenoxy) is 1.